The number of nitrogens with zero attached hydrogens (tertiary/aromatic N) is 3. The van der Waals surface area contributed by atoms with Crippen LogP contribution in [0.1, 0.15) is 13.3 Å². The van der Waals surface area contributed by atoms with E-state index in [1.807, 2.05) is 0 Å². The maximum absolute atomic E-state index is 9.61. The second kappa shape index (κ2) is 6.03. The lowest BCUT2D eigenvalue weighted by molar-refractivity contribution is 0.0572. The van der Waals surface area contributed by atoms with Crippen molar-refractivity contribution >= 4 is 11.6 Å². The molecule has 1 aliphatic rings. The number of anilines is 2. The maximum atomic E-state index is 9.61. The monoisotopic (exact) mass is 268 g/mol. The van der Waals surface area contributed by atoms with Crippen molar-refractivity contribution in [3.63, 3.8) is 0 Å². The number of β-amino-alcohol motifs (C(OH)–C–C–N with tert-alkyl or cyclic N) is 2. The molecule has 1 aromatic heterocycles. The fraction of sp³-hybridized carbons (Fsp3) is 0.667. The van der Waals surface area contributed by atoms with Crippen LogP contribution in [0.3, 0.4) is 0 Å². The second-order valence-corrected chi connectivity index (χ2v) is 4.55. The SMILES string of the molecule is CCCNc1ncnc(N2CC(O)C(O)C2)c1OC. The zero-order valence-corrected chi connectivity index (χ0v) is 11.2. The van der Waals surface area contributed by atoms with Crippen LogP contribution in [0.4, 0.5) is 11.6 Å². The van der Waals surface area contributed by atoms with Gasteiger partial charge in [-0.25, -0.2) is 9.97 Å². The molecule has 1 aromatic rings. The molecule has 7 heteroatoms. The van der Waals surface area contributed by atoms with Gasteiger partial charge in [-0.2, -0.15) is 0 Å². The molecular formula is C12H20N4O3. The van der Waals surface area contributed by atoms with Crippen LogP contribution in [0.5, 0.6) is 5.75 Å². The molecule has 1 fully saturated rings. The van der Waals surface area contributed by atoms with Crippen molar-refractivity contribution < 1.29 is 14.9 Å². The number of nitrogens with one attached hydrogen (secondary N) is 1. The molecule has 2 heterocycles. The number of hydrogen-bond donors (Lipinski definition) is 3. The lowest BCUT2D eigenvalue weighted by atomic mass is 10.3. The number of methoxy groups -OCH3 is 1. The van der Waals surface area contributed by atoms with Gasteiger partial charge in [-0.3, -0.25) is 0 Å². The summed E-state index contributed by atoms with van der Waals surface area (Å²) in [6.45, 7) is 3.52. The number of hydrogen-bond acceptors (Lipinski definition) is 7. The summed E-state index contributed by atoms with van der Waals surface area (Å²) >= 11 is 0. The third kappa shape index (κ3) is 2.87. The zero-order chi connectivity index (χ0) is 13.8. The van der Waals surface area contributed by atoms with Gasteiger partial charge in [0, 0.05) is 19.6 Å². The van der Waals surface area contributed by atoms with Crippen LogP contribution in [-0.2, 0) is 0 Å². The number of aliphatic hydroxyl groups excluding tert-OH is 2. The van der Waals surface area contributed by atoms with Gasteiger partial charge in [-0.1, -0.05) is 6.92 Å². The van der Waals surface area contributed by atoms with Crippen LogP contribution >= 0.6 is 0 Å². The van der Waals surface area contributed by atoms with E-state index < -0.39 is 12.2 Å². The van der Waals surface area contributed by atoms with Gasteiger partial charge < -0.3 is 25.2 Å². The van der Waals surface area contributed by atoms with Crippen LogP contribution in [-0.4, -0.2) is 59.1 Å². The Morgan fingerprint density at radius 1 is 1.37 bits per heavy atom. The Hall–Kier alpha value is -1.60. The Labute approximate surface area is 112 Å². The number of ether oxygens (including phenoxy) is 1. The highest BCUT2D eigenvalue weighted by Crippen LogP contribution is 2.33. The summed E-state index contributed by atoms with van der Waals surface area (Å²) in [7, 11) is 1.56. The second-order valence-electron chi connectivity index (χ2n) is 4.55. The van der Waals surface area contributed by atoms with E-state index in [-0.39, 0.29) is 0 Å². The van der Waals surface area contributed by atoms with Crippen LogP contribution < -0.4 is 15.0 Å². The zero-order valence-electron chi connectivity index (χ0n) is 11.2. The van der Waals surface area contributed by atoms with Crippen molar-refractivity contribution in [2.24, 2.45) is 0 Å². The first-order valence-corrected chi connectivity index (χ1v) is 6.41. The Bertz CT molecular complexity index is 419. The minimum Gasteiger partial charge on any atom is -0.490 e. The molecule has 106 valence electrons. The van der Waals surface area contributed by atoms with E-state index in [2.05, 4.69) is 22.2 Å². The van der Waals surface area contributed by atoms with Crippen molar-refractivity contribution in [3.8, 4) is 5.75 Å². The molecule has 0 aromatic carbocycles. The minimum atomic E-state index is -0.758. The van der Waals surface area contributed by atoms with Gasteiger partial charge in [-0.15, -0.1) is 0 Å². The molecule has 2 unspecified atom stereocenters. The normalized spacial score (nSPS) is 22.6. The highest BCUT2D eigenvalue weighted by atomic mass is 16.5. The molecular weight excluding hydrogens is 248 g/mol. The summed E-state index contributed by atoms with van der Waals surface area (Å²) < 4.78 is 5.36. The Balaban J connectivity index is 2.25. The number of aliphatic hydroxyl groups is 2. The fourth-order valence-corrected chi connectivity index (χ4v) is 2.09. The van der Waals surface area contributed by atoms with Crippen molar-refractivity contribution in [2.75, 3.05) is 37.0 Å². The summed E-state index contributed by atoms with van der Waals surface area (Å²) in [5.74, 6) is 1.76. The van der Waals surface area contributed by atoms with E-state index >= 15 is 0 Å². The Morgan fingerprint density at radius 3 is 2.63 bits per heavy atom. The average molecular weight is 268 g/mol. The van der Waals surface area contributed by atoms with Crippen molar-refractivity contribution in [2.45, 2.75) is 25.6 Å². The highest BCUT2D eigenvalue weighted by molar-refractivity contribution is 5.65. The third-order valence-corrected chi connectivity index (χ3v) is 3.09. The molecule has 2 rings (SSSR count). The summed E-state index contributed by atoms with van der Waals surface area (Å²) in [4.78, 5) is 10.2. The quantitative estimate of drug-likeness (QED) is 0.684. The van der Waals surface area contributed by atoms with Crippen molar-refractivity contribution in [1.82, 2.24) is 9.97 Å². The molecule has 3 N–H and O–H groups in total. The summed E-state index contributed by atoms with van der Waals surface area (Å²) in [6, 6.07) is 0. The predicted octanol–water partition coefficient (Wildman–Crippen LogP) is -0.151. The molecule has 0 spiro atoms. The summed E-state index contributed by atoms with van der Waals surface area (Å²) in [5, 5.41) is 22.4. The lowest BCUT2D eigenvalue weighted by Gasteiger charge is -2.20. The fourth-order valence-electron chi connectivity index (χ4n) is 2.09. The van der Waals surface area contributed by atoms with E-state index in [9.17, 15) is 10.2 Å². The van der Waals surface area contributed by atoms with Crippen LogP contribution in [0.25, 0.3) is 0 Å². The summed E-state index contributed by atoms with van der Waals surface area (Å²) in [5.41, 5.74) is 0. The van der Waals surface area contributed by atoms with Crippen LogP contribution in [0.15, 0.2) is 6.33 Å². The third-order valence-electron chi connectivity index (χ3n) is 3.09. The van der Waals surface area contributed by atoms with Gasteiger partial charge in [0.15, 0.2) is 11.6 Å². The average Bonchev–Trinajstić information content (AvgIpc) is 2.75. The molecule has 0 aliphatic carbocycles. The van der Waals surface area contributed by atoms with Crippen molar-refractivity contribution in [1.29, 1.82) is 0 Å². The van der Waals surface area contributed by atoms with Gasteiger partial charge in [0.1, 0.15) is 6.33 Å². The first kappa shape index (κ1) is 13.8. The van der Waals surface area contributed by atoms with Gasteiger partial charge in [-0.05, 0) is 6.42 Å². The van der Waals surface area contributed by atoms with Gasteiger partial charge in [0.05, 0.1) is 19.3 Å². The maximum Gasteiger partial charge on any atom is 0.204 e. The molecule has 19 heavy (non-hydrogen) atoms. The Kier molecular flexibility index (Phi) is 4.39. The molecule has 0 saturated carbocycles. The Morgan fingerprint density at radius 2 is 2.05 bits per heavy atom. The van der Waals surface area contributed by atoms with Gasteiger partial charge in [0.2, 0.25) is 5.75 Å². The topological polar surface area (TPSA) is 90.7 Å². The first-order chi connectivity index (χ1) is 9.17. The molecule has 0 bridgehead atoms. The molecule has 2 atom stereocenters. The smallest absolute Gasteiger partial charge is 0.204 e. The van der Waals surface area contributed by atoms with Gasteiger partial charge >= 0.3 is 0 Å². The molecule has 0 radical (unpaired) electrons. The van der Waals surface area contributed by atoms with Crippen molar-refractivity contribution in [3.05, 3.63) is 6.33 Å². The molecule has 1 saturated heterocycles. The van der Waals surface area contributed by atoms with E-state index in [0.29, 0.717) is 30.5 Å². The standard InChI is InChI=1S/C12H20N4O3/c1-3-4-13-11-10(19-2)12(15-7-14-11)16-5-8(17)9(18)6-16/h7-9,17-18H,3-6H2,1-2H3,(H,13,14,15). The first-order valence-electron chi connectivity index (χ1n) is 6.41. The molecule has 7 nitrogen and oxygen atoms in total. The van der Waals surface area contributed by atoms with E-state index in [4.69, 9.17) is 4.74 Å². The lowest BCUT2D eigenvalue weighted by Crippen LogP contribution is -2.23. The largest absolute Gasteiger partial charge is 0.490 e. The predicted molar refractivity (Wildman–Crippen MR) is 71.6 cm³/mol. The summed E-state index contributed by atoms with van der Waals surface area (Å²) in [6.07, 6.45) is 0.912. The highest BCUT2D eigenvalue weighted by Gasteiger charge is 2.32. The minimum absolute atomic E-state index is 0.335. The van der Waals surface area contributed by atoms with Gasteiger partial charge in [0.25, 0.3) is 0 Å². The molecule has 1 aliphatic heterocycles. The number of aromatic nitrogens is 2. The van der Waals surface area contributed by atoms with Crippen LogP contribution in [0.2, 0.25) is 0 Å². The molecule has 0 amide bonds. The van der Waals surface area contributed by atoms with E-state index in [1.165, 1.54) is 6.33 Å². The van der Waals surface area contributed by atoms with E-state index in [0.717, 1.165) is 13.0 Å². The van der Waals surface area contributed by atoms with E-state index in [1.54, 1.807) is 12.0 Å². The number of rotatable bonds is 5. The van der Waals surface area contributed by atoms with Crippen LogP contribution in [0, 0.1) is 0 Å².